The van der Waals surface area contributed by atoms with Crippen LogP contribution in [0, 0.1) is 13.8 Å². The zero-order chi connectivity index (χ0) is 22.5. The largest absolute Gasteiger partial charge is 0.379 e. The van der Waals surface area contributed by atoms with Crippen LogP contribution in [0.5, 0.6) is 0 Å². The van der Waals surface area contributed by atoms with E-state index in [1.165, 1.54) is 5.56 Å². The molecule has 1 aliphatic heterocycles. The van der Waals surface area contributed by atoms with Crippen LogP contribution in [0.4, 0.5) is 5.13 Å². The maximum Gasteiger partial charge on any atom is 0.252 e. The average molecular weight is 470 g/mol. The Labute approximate surface area is 198 Å². The molecule has 7 heteroatoms. The number of aromatic nitrogens is 1. The highest BCUT2D eigenvalue weighted by Gasteiger charge is 2.19. The molecule has 1 amide bonds. The van der Waals surface area contributed by atoms with Crippen molar-refractivity contribution in [3.8, 4) is 0 Å². The zero-order valence-electron chi connectivity index (χ0n) is 18.5. The summed E-state index contributed by atoms with van der Waals surface area (Å²) in [4.78, 5) is 22.3. The van der Waals surface area contributed by atoms with Crippen LogP contribution in [0.2, 0.25) is 5.02 Å². The van der Waals surface area contributed by atoms with E-state index in [0.29, 0.717) is 11.6 Å². The van der Waals surface area contributed by atoms with Crippen molar-refractivity contribution in [2.24, 2.45) is 0 Å². The summed E-state index contributed by atoms with van der Waals surface area (Å²) in [6, 6.07) is 11.8. The van der Waals surface area contributed by atoms with Gasteiger partial charge in [0.1, 0.15) is 0 Å². The normalized spacial score (nSPS) is 15.0. The molecular formula is C25H28ClN3O2S. The fourth-order valence-corrected chi connectivity index (χ4v) is 5.28. The molecule has 0 N–H and O–H groups in total. The molecule has 3 aromatic rings. The van der Waals surface area contributed by atoms with E-state index in [9.17, 15) is 4.79 Å². The summed E-state index contributed by atoms with van der Waals surface area (Å²) < 4.78 is 6.55. The maximum atomic E-state index is 13.3. The Kier molecular flexibility index (Phi) is 7.58. The minimum Gasteiger partial charge on any atom is -0.379 e. The molecule has 0 aliphatic carbocycles. The molecule has 0 atom stereocenters. The Balaban J connectivity index is 1.56. The highest BCUT2D eigenvalue weighted by Crippen LogP contribution is 2.32. The minimum atomic E-state index is -0.0830. The summed E-state index contributed by atoms with van der Waals surface area (Å²) in [5.41, 5.74) is 4.13. The minimum absolute atomic E-state index is 0.0830. The molecule has 32 heavy (non-hydrogen) atoms. The van der Waals surface area contributed by atoms with Gasteiger partial charge in [-0.3, -0.25) is 14.6 Å². The summed E-state index contributed by atoms with van der Waals surface area (Å²) in [7, 11) is 0. The third-order valence-corrected chi connectivity index (χ3v) is 6.96. The van der Waals surface area contributed by atoms with E-state index in [1.807, 2.05) is 24.3 Å². The quantitative estimate of drug-likeness (QED) is 0.438. The second-order valence-electron chi connectivity index (χ2n) is 8.08. The number of amides is 1. The van der Waals surface area contributed by atoms with E-state index < -0.39 is 0 Å². The molecule has 5 nitrogen and oxygen atoms in total. The molecule has 0 unspecified atom stereocenters. The van der Waals surface area contributed by atoms with Crippen LogP contribution >= 0.6 is 22.9 Å². The van der Waals surface area contributed by atoms with E-state index in [0.717, 1.165) is 65.7 Å². The van der Waals surface area contributed by atoms with Crippen molar-refractivity contribution in [3.63, 3.8) is 0 Å². The first-order valence-electron chi connectivity index (χ1n) is 10.9. The molecular weight excluding hydrogens is 442 g/mol. The fraction of sp³-hybridized carbons (Fsp3) is 0.360. The lowest BCUT2D eigenvalue weighted by atomic mass is 10.1. The molecule has 1 aromatic heterocycles. The number of hydrogen-bond donors (Lipinski definition) is 0. The number of benzene rings is 2. The van der Waals surface area contributed by atoms with Crippen LogP contribution < -0.4 is 4.90 Å². The maximum absolute atomic E-state index is 13.3. The Hall–Kier alpha value is -2.25. The van der Waals surface area contributed by atoms with Crippen molar-refractivity contribution in [3.05, 3.63) is 64.2 Å². The smallest absolute Gasteiger partial charge is 0.252 e. The second-order valence-corrected chi connectivity index (χ2v) is 9.49. The topological polar surface area (TPSA) is 45.7 Å². The van der Waals surface area contributed by atoms with Gasteiger partial charge in [-0.05, 0) is 55.2 Å². The van der Waals surface area contributed by atoms with Crippen molar-refractivity contribution in [1.29, 1.82) is 0 Å². The lowest BCUT2D eigenvalue weighted by Crippen LogP contribution is -2.39. The van der Waals surface area contributed by atoms with E-state index in [1.54, 1.807) is 28.4 Å². The number of ether oxygens (including phenoxy) is 1. The number of rotatable bonds is 7. The number of carbonyl (C=O) groups excluding carboxylic acids is 1. The van der Waals surface area contributed by atoms with Crippen molar-refractivity contribution in [2.75, 3.05) is 44.3 Å². The molecule has 4 rings (SSSR count). The van der Waals surface area contributed by atoms with Crippen LogP contribution in [-0.2, 0) is 9.53 Å². The number of hydrogen-bond acceptors (Lipinski definition) is 5. The van der Waals surface area contributed by atoms with Gasteiger partial charge in [0.05, 0.1) is 23.4 Å². The lowest BCUT2D eigenvalue weighted by molar-refractivity contribution is -0.114. The highest BCUT2D eigenvalue weighted by atomic mass is 35.5. The van der Waals surface area contributed by atoms with Gasteiger partial charge in [-0.15, -0.1) is 0 Å². The van der Waals surface area contributed by atoms with Gasteiger partial charge in [0, 0.05) is 37.3 Å². The monoisotopic (exact) mass is 469 g/mol. The Bertz CT molecular complexity index is 1120. The Morgan fingerprint density at radius 2 is 2.03 bits per heavy atom. The first-order chi connectivity index (χ1) is 15.5. The predicted octanol–water partition coefficient (Wildman–Crippen LogP) is 5.34. The third-order valence-electron chi connectivity index (χ3n) is 5.59. The number of nitrogens with zero attached hydrogens (tertiary/aromatic N) is 3. The van der Waals surface area contributed by atoms with Gasteiger partial charge in [-0.2, -0.15) is 0 Å². The summed E-state index contributed by atoms with van der Waals surface area (Å²) in [6.45, 7) is 9.15. The molecule has 1 aliphatic rings. The number of morpholine rings is 1. The number of halogens is 1. The fourth-order valence-electron chi connectivity index (χ4n) is 3.91. The summed E-state index contributed by atoms with van der Waals surface area (Å²) in [6.07, 6.45) is 4.25. The van der Waals surface area contributed by atoms with Gasteiger partial charge >= 0.3 is 0 Å². The van der Waals surface area contributed by atoms with Crippen LogP contribution in [0.15, 0.2) is 42.5 Å². The van der Waals surface area contributed by atoms with E-state index in [2.05, 4.69) is 30.9 Å². The van der Waals surface area contributed by atoms with Gasteiger partial charge in [0.2, 0.25) is 0 Å². The molecule has 2 heterocycles. The van der Waals surface area contributed by atoms with Crippen LogP contribution in [0.25, 0.3) is 16.3 Å². The van der Waals surface area contributed by atoms with Gasteiger partial charge in [-0.1, -0.05) is 47.2 Å². The zero-order valence-corrected chi connectivity index (χ0v) is 20.1. The first-order valence-corrected chi connectivity index (χ1v) is 12.1. The van der Waals surface area contributed by atoms with E-state index in [-0.39, 0.29) is 5.91 Å². The van der Waals surface area contributed by atoms with Gasteiger partial charge in [0.15, 0.2) is 5.13 Å². The summed E-state index contributed by atoms with van der Waals surface area (Å²) in [5.74, 6) is -0.0830. The van der Waals surface area contributed by atoms with Crippen molar-refractivity contribution < 1.29 is 9.53 Å². The van der Waals surface area contributed by atoms with Crippen LogP contribution in [0.3, 0.4) is 0 Å². The SMILES string of the molecule is Cc1cc(C)c2nc(N(CCCN3CCOCC3)C(=O)/C=C/c3ccccc3Cl)sc2c1. The summed E-state index contributed by atoms with van der Waals surface area (Å²) >= 11 is 7.83. The van der Waals surface area contributed by atoms with Crippen molar-refractivity contribution >= 4 is 50.3 Å². The number of thiazole rings is 1. The molecule has 0 bridgehead atoms. The Morgan fingerprint density at radius 3 is 2.81 bits per heavy atom. The number of aryl methyl sites for hydroxylation is 2. The van der Waals surface area contributed by atoms with E-state index >= 15 is 0 Å². The van der Waals surface area contributed by atoms with Crippen molar-refractivity contribution in [2.45, 2.75) is 20.3 Å². The molecule has 0 radical (unpaired) electrons. The van der Waals surface area contributed by atoms with Gasteiger partial charge < -0.3 is 4.74 Å². The number of carbonyl (C=O) groups is 1. The molecule has 2 aromatic carbocycles. The Morgan fingerprint density at radius 1 is 1.25 bits per heavy atom. The predicted molar refractivity (Wildman–Crippen MR) is 134 cm³/mol. The molecule has 1 saturated heterocycles. The van der Waals surface area contributed by atoms with Crippen molar-refractivity contribution in [1.82, 2.24) is 9.88 Å². The number of anilines is 1. The highest BCUT2D eigenvalue weighted by molar-refractivity contribution is 7.22. The molecule has 0 spiro atoms. The summed E-state index contributed by atoms with van der Waals surface area (Å²) in [5, 5.41) is 1.37. The lowest BCUT2D eigenvalue weighted by Gasteiger charge is -2.27. The van der Waals surface area contributed by atoms with Gasteiger partial charge in [-0.25, -0.2) is 4.98 Å². The first kappa shape index (κ1) is 22.9. The van der Waals surface area contributed by atoms with Gasteiger partial charge in [0.25, 0.3) is 5.91 Å². The van der Waals surface area contributed by atoms with Crippen LogP contribution in [0.1, 0.15) is 23.1 Å². The molecule has 1 fully saturated rings. The molecule has 0 saturated carbocycles. The third kappa shape index (κ3) is 5.56. The van der Waals surface area contributed by atoms with E-state index in [4.69, 9.17) is 21.3 Å². The van der Waals surface area contributed by atoms with Crippen LogP contribution in [-0.4, -0.2) is 55.2 Å². The molecule has 168 valence electrons. The average Bonchev–Trinajstić information content (AvgIpc) is 3.20. The standard InChI is InChI=1S/C25H28ClN3O2S/c1-18-16-19(2)24-22(17-18)32-25(27-24)29(11-5-10-28-12-14-31-15-13-28)23(30)9-8-20-6-3-4-7-21(20)26/h3-4,6-9,16-17H,5,10-15H2,1-2H3/b9-8+. The number of fused-ring (bicyclic) bond motifs is 1. The second kappa shape index (κ2) is 10.6.